The minimum absolute atomic E-state index is 0.0744. The topological polar surface area (TPSA) is 46.1 Å². The maximum Gasteiger partial charge on any atom is 0.274 e. The van der Waals surface area contributed by atoms with E-state index in [9.17, 15) is 4.79 Å². The Kier molecular flexibility index (Phi) is 3.76. The van der Waals surface area contributed by atoms with E-state index in [2.05, 4.69) is 21.8 Å². The molecule has 4 nitrogen and oxygen atoms in total. The highest BCUT2D eigenvalue weighted by molar-refractivity contribution is 5.94. The summed E-state index contributed by atoms with van der Waals surface area (Å²) in [6.07, 6.45) is 8.63. The van der Waals surface area contributed by atoms with Crippen molar-refractivity contribution in [1.29, 1.82) is 0 Å². The summed E-state index contributed by atoms with van der Waals surface area (Å²) in [5, 5.41) is 0. The first-order valence-electron chi connectivity index (χ1n) is 8.77. The zero-order chi connectivity index (χ0) is 15.8. The van der Waals surface area contributed by atoms with Crippen molar-refractivity contribution in [3.63, 3.8) is 0 Å². The summed E-state index contributed by atoms with van der Waals surface area (Å²) < 4.78 is 0. The van der Waals surface area contributed by atoms with Gasteiger partial charge in [0, 0.05) is 12.1 Å². The Morgan fingerprint density at radius 1 is 1.00 bits per heavy atom. The molecule has 0 radical (unpaired) electrons. The maximum atomic E-state index is 13.1. The molecule has 2 fully saturated rings. The third-order valence-corrected chi connectivity index (χ3v) is 5.22. The molecule has 1 aromatic heterocycles. The number of aromatic nitrogens is 2. The number of rotatable bonds is 3. The first kappa shape index (κ1) is 14.6. The zero-order valence-corrected chi connectivity index (χ0v) is 13.6. The molecule has 0 spiro atoms. The van der Waals surface area contributed by atoms with Crippen LogP contribution in [-0.2, 0) is 0 Å². The summed E-state index contributed by atoms with van der Waals surface area (Å²) in [7, 11) is 0. The summed E-state index contributed by atoms with van der Waals surface area (Å²) >= 11 is 0. The number of hydrogen-bond acceptors (Lipinski definition) is 3. The van der Waals surface area contributed by atoms with Crippen LogP contribution in [0.5, 0.6) is 0 Å². The van der Waals surface area contributed by atoms with Crippen molar-refractivity contribution in [2.45, 2.75) is 57.5 Å². The fraction of sp³-hybridized carbons (Fsp3) is 0.526. The normalized spacial score (nSPS) is 24.6. The van der Waals surface area contributed by atoms with Crippen LogP contribution in [0, 0.1) is 5.92 Å². The molecule has 0 bridgehead atoms. The SMILES string of the molecule is CC1CCC(N(C(=O)c2cnc3ccccc3n2)C2CC2)CC1. The monoisotopic (exact) mass is 309 g/mol. The standard InChI is InChI=1S/C19H23N3O/c1-13-6-8-14(9-7-13)22(15-10-11-15)19(23)18-12-20-16-4-2-3-5-17(16)21-18/h2-5,12-15H,6-11H2,1H3. The molecular formula is C19H23N3O. The van der Waals surface area contributed by atoms with Gasteiger partial charge in [0.2, 0.25) is 0 Å². The van der Waals surface area contributed by atoms with Gasteiger partial charge in [-0.05, 0) is 56.6 Å². The fourth-order valence-electron chi connectivity index (χ4n) is 3.70. The number of benzene rings is 1. The molecule has 2 aliphatic rings. The van der Waals surface area contributed by atoms with Gasteiger partial charge in [0.05, 0.1) is 17.2 Å². The van der Waals surface area contributed by atoms with Gasteiger partial charge in [-0.2, -0.15) is 0 Å². The zero-order valence-electron chi connectivity index (χ0n) is 13.6. The molecule has 4 heteroatoms. The van der Waals surface area contributed by atoms with Crippen LogP contribution in [0.2, 0.25) is 0 Å². The smallest absolute Gasteiger partial charge is 0.274 e. The lowest BCUT2D eigenvalue weighted by Crippen LogP contribution is -2.44. The van der Waals surface area contributed by atoms with Crippen molar-refractivity contribution >= 4 is 16.9 Å². The second kappa shape index (κ2) is 5.91. The van der Waals surface area contributed by atoms with Crippen molar-refractivity contribution in [3.05, 3.63) is 36.2 Å². The molecule has 1 amide bonds. The number of amides is 1. The first-order chi connectivity index (χ1) is 11.2. The number of hydrogen-bond donors (Lipinski definition) is 0. The second-order valence-corrected chi connectivity index (χ2v) is 7.10. The number of carbonyl (C=O) groups is 1. The molecule has 2 saturated carbocycles. The van der Waals surface area contributed by atoms with E-state index in [4.69, 9.17) is 0 Å². The number of nitrogens with zero attached hydrogens (tertiary/aromatic N) is 3. The number of para-hydroxylation sites is 2. The Balaban J connectivity index is 1.61. The van der Waals surface area contributed by atoms with Crippen LogP contribution in [0.4, 0.5) is 0 Å². The molecule has 120 valence electrons. The van der Waals surface area contributed by atoms with Gasteiger partial charge in [-0.3, -0.25) is 9.78 Å². The molecule has 0 saturated heterocycles. The number of fused-ring (bicyclic) bond motifs is 1. The first-order valence-corrected chi connectivity index (χ1v) is 8.77. The lowest BCUT2D eigenvalue weighted by Gasteiger charge is -2.36. The highest BCUT2D eigenvalue weighted by Gasteiger charge is 2.39. The van der Waals surface area contributed by atoms with Crippen molar-refractivity contribution in [2.75, 3.05) is 0 Å². The van der Waals surface area contributed by atoms with Gasteiger partial charge in [0.25, 0.3) is 5.91 Å². The van der Waals surface area contributed by atoms with Crippen LogP contribution in [-0.4, -0.2) is 32.9 Å². The minimum atomic E-state index is 0.0744. The Labute approximate surface area is 136 Å². The average Bonchev–Trinajstić information content (AvgIpc) is 3.41. The van der Waals surface area contributed by atoms with Crippen LogP contribution in [0.15, 0.2) is 30.5 Å². The van der Waals surface area contributed by atoms with Gasteiger partial charge in [-0.15, -0.1) is 0 Å². The van der Waals surface area contributed by atoms with Gasteiger partial charge >= 0.3 is 0 Å². The van der Waals surface area contributed by atoms with Gasteiger partial charge < -0.3 is 4.90 Å². The van der Waals surface area contributed by atoms with Crippen LogP contribution in [0.1, 0.15) is 55.9 Å². The second-order valence-electron chi connectivity index (χ2n) is 7.10. The van der Waals surface area contributed by atoms with Crippen molar-refractivity contribution in [1.82, 2.24) is 14.9 Å². The Bertz CT molecular complexity index is 717. The highest BCUT2D eigenvalue weighted by Crippen LogP contribution is 2.36. The van der Waals surface area contributed by atoms with E-state index >= 15 is 0 Å². The summed E-state index contributed by atoms with van der Waals surface area (Å²) in [6, 6.07) is 8.54. The molecule has 0 aliphatic heterocycles. The Hall–Kier alpha value is -1.97. The van der Waals surface area contributed by atoms with Crippen molar-refractivity contribution < 1.29 is 4.79 Å². The molecule has 1 heterocycles. The van der Waals surface area contributed by atoms with E-state index in [0.717, 1.165) is 42.6 Å². The molecule has 0 N–H and O–H groups in total. The lowest BCUT2D eigenvalue weighted by atomic mass is 9.86. The summed E-state index contributed by atoms with van der Waals surface area (Å²) in [5.74, 6) is 0.869. The van der Waals surface area contributed by atoms with Gasteiger partial charge in [-0.25, -0.2) is 4.98 Å². The minimum Gasteiger partial charge on any atom is -0.331 e. The molecule has 23 heavy (non-hydrogen) atoms. The average molecular weight is 309 g/mol. The van der Waals surface area contributed by atoms with Crippen molar-refractivity contribution in [3.8, 4) is 0 Å². The number of carbonyl (C=O) groups excluding carboxylic acids is 1. The van der Waals surface area contributed by atoms with Gasteiger partial charge in [-0.1, -0.05) is 19.1 Å². The third-order valence-electron chi connectivity index (χ3n) is 5.22. The molecule has 4 rings (SSSR count). The molecule has 0 unspecified atom stereocenters. The molecule has 2 aromatic rings. The molecular weight excluding hydrogens is 286 g/mol. The van der Waals surface area contributed by atoms with E-state index in [0.29, 0.717) is 17.8 Å². The van der Waals surface area contributed by atoms with Crippen LogP contribution < -0.4 is 0 Å². The highest BCUT2D eigenvalue weighted by atomic mass is 16.2. The molecule has 0 atom stereocenters. The van der Waals surface area contributed by atoms with E-state index in [1.165, 1.54) is 12.8 Å². The van der Waals surface area contributed by atoms with Crippen LogP contribution in [0.3, 0.4) is 0 Å². The predicted molar refractivity (Wildman–Crippen MR) is 90.1 cm³/mol. The summed E-state index contributed by atoms with van der Waals surface area (Å²) in [5.41, 5.74) is 2.13. The summed E-state index contributed by atoms with van der Waals surface area (Å²) in [6.45, 7) is 2.31. The van der Waals surface area contributed by atoms with Crippen molar-refractivity contribution in [2.24, 2.45) is 5.92 Å². The van der Waals surface area contributed by atoms with Gasteiger partial charge in [0.1, 0.15) is 5.69 Å². The van der Waals surface area contributed by atoms with E-state index in [1.54, 1.807) is 6.20 Å². The van der Waals surface area contributed by atoms with E-state index < -0.39 is 0 Å². The third kappa shape index (κ3) is 2.94. The fourth-order valence-corrected chi connectivity index (χ4v) is 3.70. The largest absolute Gasteiger partial charge is 0.331 e. The summed E-state index contributed by atoms with van der Waals surface area (Å²) in [4.78, 5) is 24.2. The maximum absolute atomic E-state index is 13.1. The Morgan fingerprint density at radius 2 is 1.61 bits per heavy atom. The lowest BCUT2D eigenvalue weighted by molar-refractivity contribution is 0.0587. The molecule has 2 aliphatic carbocycles. The predicted octanol–water partition coefficient (Wildman–Crippen LogP) is 3.81. The van der Waals surface area contributed by atoms with Crippen LogP contribution in [0.25, 0.3) is 11.0 Å². The molecule has 1 aromatic carbocycles. The Morgan fingerprint density at radius 3 is 2.26 bits per heavy atom. The quantitative estimate of drug-likeness (QED) is 0.866. The van der Waals surface area contributed by atoms with E-state index in [-0.39, 0.29) is 5.91 Å². The van der Waals surface area contributed by atoms with Gasteiger partial charge in [0.15, 0.2) is 0 Å². The van der Waals surface area contributed by atoms with Crippen LogP contribution >= 0.6 is 0 Å². The van der Waals surface area contributed by atoms with E-state index in [1.807, 2.05) is 24.3 Å².